The van der Waals surface area contributed by atoms with Crippen molar-refractivity contribution >= 4 is 109 Å². The monoisotopic (exact) mass is 2270 g/mol. The van der Waals surface area contributed by atoms with Crippen molar-refractivity contribution in [3.63, 3.8) is 0 Å². The Morgan fingerprint density at radius 2 is 0.654 bits per heavy atom. The summed E-state index contributed by atoms with van der Waals surface area (Å²) in [5.41, 5.74) is 24.0. The van der Waals surface area contributed by atoms with Gasteiger partial charge in [0.2, 0.25) is 0 Å². The maximum Gasteiger partial charge on any atom is 0.136 e. The number of hydrogen-bond acceptors (Lipinski definition) is 6. The molecule has 3 radical (unpaired) electrons. The van der Waals surface area contributed by atoms with Crippen LogP contribution in [-0.2, 0) is 66.9 Å². The second-order valence-corrected chi connectivity index (χ2v) is 58.8. The summed E-state index contributed by atoms with van der Waals surface area (Å²) in [7, 11) is -8.02. The van der Waals surface area contributed by atoms with Crippen molar-refractivity contribution in [2.75, 3.05) is 0 Å². The first-order chi connectivity index (χ1) is 59.8. The quantitative estimate of drug-likeness (QED) is 0.0895. The van der Waals surface area contributed by atoms with Crippen molar-refractivity contribution in [1.29, 1.82) is 0 Å². The predicted octanol–water partition coefficient (Wildman–Crippen LogP) is 22.1. The third-order valence-corrected chi connectivity index (χ3v) is 37.8. The minimum Gasteiger partial charge on any atom is -0.381 e. The summed E-state index contributed by atoms with van der Waals surface area (Å²) in [6.45, 7) is 35.4. The van der Waals surface area contributed by atoms with Crippen LogP contribution in [0.25, 0.3) is 112 Å². The predicted molar refractivity (Wildman–Crippen MR) is 538 cm³/mol. The van der Waals surface area contributed by atoms with Crippen molar-refractivity contribution in [1.82, 2.24) is 34.5 Å². The minimum absolute atomic E-state index is 0. The van der Waals surface area contributed by atoms with Gasteiger partial charge in [-0.15, -0.1) is 189 Å². The zero-order chi connectivity index (χ0) is 86.8. The van der Waals surface area contributed by atoms with Crippen molar-refractivity contribution < 1.29 is 60.3 Å². The first kappa shape index (κ1) is 95.3. The van der Waals surface area contributed by atoms with Gasteiger partial charge < -0.3 is 34.5 Å². The molecule has 11 aromatic carbocycles. The summed E-state index contributed by atoms with van der Waals surface area (Å²) >= 11 is 0. The maximum absolute atomic E-state index is 4.86. The molecular formula is C112H105Ir3N7Si5-6. The van der Waals surface area contributed by atoms with Gasteiger partial charge in [0.25, 0.3) is 0 Å². The molecule has 0 bridgehead atoms. The van der Waals surface area contributed by atoms with Gasteiger partial charge >= 0.3 is 0 Å². The molecule has 2 aliphatic rings. The summed E-state index contributed by atoms with van der Waals surface area (Å²) in [6.07, 6.45) is 11.7. The van der Waals surface area contributed by atoms with E-state index < -0.39 is 40.4 Å². The van der Waals surface area contributed by atoms with Crippen LogP contribution < -0.4 is 46.7 Å². The van der Waals surface area contributed by atoms with E-state index in [1.807, 2.05) is 110 Å². The van der Waals surface area contributed by atoms with Gasteiger partial charge in [-0.05, 0) is 129 Å². The van der Waals surface area contributed by atoms with Gasteiger partial charge in [0.15, 0.2) is 0 Å². The molecule has 0 atom stereocenters. The smallest absolute Gasteiger partial charge is 0.136 e. The third-order valence-electron chi connectivity index (χ3n) is 23.3. The number of nitrogens with zero attached hydrogens (tertiary/aromatic N) is 7. The number of aryl methyl sites for hydroxylation is 4. The zero-order valence-electron chi connectivity index (χ0n) is 74.8. The maximum atomic E-state index is 4.86. The summed E-state index contributed by atoms with van der Waals surface area (Å²) in [5.74, 6) is 0. The molecule has 0 unspecified atom stereocenters. The SMILES string of the molecule is CCn1c2c[c-]c(-c3ccc([Si](C)(C)C)cn3)cc2c2ccccc21.C[Si](C)(C)c1ccc(-c2[c-]cc3c(c2)-c2ccccc2[Si]3(C)C)nc1.C[Si](C)(C)c1ccc(-c2[c-]cc3c(c2)-c2ccccc2[Si]3(c2ccccc2)c2ccccc2)nc1.Cc1ccnc(-c2[c-]cccc2)c1.Cc1ccnc(-c2[c-]cccc2)c1.Cc1ccnc(-c2[c-]cccc2)c1.[Ir].[Ir].[Ir]. The average molecular weight is 2270 g/mol. The molecule has 0 saturated heterocycles. The second-order valence-electron chi connectivity index (χ2n) is 35.5. The molecular weight excluding hydrogens is 2160 g/mol. The van der Waals surface area contributed by atoms with Crippen molar-refractivity contribution in [3.05, 3.63) is 406 Å². The Hall–Kier alpha value is -10.8. The molecule has 127 heavy (non-hydrogen) atoms. The number of pyridine rings is 6. The van der Waals surface area contributed by atoms with E-state index in [0.717, 1.165) is 74.1 Å². The number of benzene rings is 11. The standard InChI is InChI=1S/C32H28NSi2.C22H23N2Si.C22H24NSi2.3C12H10N.3Ir/c1-34(2,3)27-19-20-30(33-23-27)24-18-21-32-29(22-24)28-16-10-11-17-31(28)35(32,25-12-6-4-7-13-25)26-14-8-5-9-15-26;1-5-24-21-9-7-6-8-18(21)19-14-16(10-13-22(19)24)20-12-11-17(15-23-20)25(2,3)4;1-24(2,3)17-11-12-20(23-15-17)16-10-13-22-19(14-16)18-8-6-7-9-21(18)25(22,4)5;3*1-10-7-8-13-12(9-10)11-5-3-2-4-6-11;;;/h4-17,19-23H,1-3H3;6-9,11-15H,5H2,1-4H3;6-9,11-15H,1-5H3;3*2-5,7-9H,1H3;;;/q6*-1;;;. The molecule has 0 aliphatic carbocycles. The summed E-state index contributed by atoms with van der Waals surface area (Å²) in [6, 6.07) is 131. The summed E-state index contributed by atoms with van der Waals surface area (Å²) in [5, 5.41) is 15.5. The van der Waals surface area contributed by atoms with Gasteiger partial charge in [0.05, 0.1) is 32.3 Å². The Labute approximate surface area is 798 Å². The van der Waals surface area contributed by atoms with E-state index in [-0.39, 0.29) is 60.3 Å². The number of hydrogen-bond donors (Lipinski definition) is 0. The Morgan fingerprint density at radius 1 is 0.291 bits per heavy atom. The van der Waals surface area contributed by atoms with Gasteiger partial charge in [0.1, 0.15) is 8.07 Å². The normalized spacial score (nSPS) is 12.2. The topological polar surface area (TPSA) is 82.3 Å². The molecule has 0 fully saturated rings. The number of aromatic nitrogens is 7. The fourth-order valence-corrected chi connectivity index (χ4v) is 27.7. The molecule has 641 valence electrons. The van der Waals surface area contributed by atoms with Crippen molar-refractivity contribution in [2.24, 2.45) is 0 Å². The van der Waals surface area contributed by atoms with Crippen LogP contribution in [0.2, 0.25) is 72.0 Å². The van der Waals surface area contributed by atoms with E-state index in [1.165, 1.54) is 107 Å². The van der Waals surface area contributed by atoms with Crippen molar-refractivity contribution in [3.8, 4) is 89.8 Å². The average Bonchev–Trinajstić information content (AvgIpc) is 1.54. The first-order valence-electron chi connectivity index (χ1n) is 42.8. The van der Waals surface area contributed by atoms with E-state index in [9.17, 15) is 0 Å². The molecule has 0 N–H and O–H groups in total. The van der Waals surface area contributed by atoms with E-state index in [4.69, 9.17) is 15.0 Å². The molecule has 20 rings (SSSR count). The molecule has 15 heteroatoms. The van der Waals surface area contributed by atoms with Crippen LogP contribution >= 0.6 is 0 Å². The largest absolute Gasteiger partial charge is 0.381 e. The Morgan fingerprint density at radius 3 is 1.05 bits per heavy atom. The Balaban J connectivity index is 0.000000144. The van der Waals surface area contributed by atoms with Crippen LogP contribution in [0.5, 0.6) is 0 Å². The van der Waals surface area contributed by atoms with E-state index in [2.05, 4.69) is 399 Å². The zero-order valence-corrected chi connectivity index (χ0v) is 87.0. The van der Waals surface area contributed by atoms with Crippen LogP contribution in [-0.4, -0.2) is 74.8 Å². The van der Waals surface area contributed by atoms with Gasteiger partial charge in [-0.25, -0.2) is 0 Å². The fourth-order valence-electron chi connectivity index (χ4n) is 16.5. The third kappa shape index (κ3) is 21.6. The van der Waals surface area contributed by atoms with Crippen LogP contribution in [0.3, 0.4) is 0 Å². The van der Waals surface area contributed by atoms with E-state index in [1.54, 1.807) is 0 Å². The molecule has 2 aliphatic heterocycles. The van der Waals surface area contributed by atoms with Gasteiger partial charge in [0, 0.05) is 110 Å². The molecule has 7 aromatic heterocycles. The van der Waals surface area contributed by atoms with E-state index >= 15 is 0 Å². The summed E-state index contributed by atoms with van der Waals surface area (Å²) < 4.78 is 2.35. The van der Waals surface area contributed by atoms with Crippen LogP contribution in [0.1, 0.15) is 23.6 Å². The molecule has 0 spiro atoms. The molecule has 0 amide bonds. The second kappa shape index (κ2) is 41.9. The Kier molecular flexibility index (Phi) is 31.5. The number of fused-ring (bicyclic) bond motifs is 9. The van der Waals surface area contributed by atoms with Gasteiger partial charge in [-0.2, -0.15) is 0 Å². The van der Waals surface area contributed by atoms with Crippen LogP contribution in [0.15, 0.2) is 353 Å². The molecule has 0 saturated carbocycles. The van der Waals surface area contributed by atoms with Gasteiger partial charge in [-0.3, -0.25) is 0 Å². The Bertz CT molecular complexity index is 6470. The van der Waals surface area contributed by atoms with Gasteiger partial charge in [-0.1, -0.05) is 303 Å². The number of para-hydroxylation sites is 1. The van der Waals surface area contributed by atoms with Crippen LogP contribution in [0.4, 0.5) is 0 Å². The summed E-state index contributed by atoms with van der Waals surface area (Å²) in [4.78, 5) is 27.2. The van der Waals surface area contributed by atoms with Crippen LogP contribution in [0, 0.1) is 57.2 Å². The number of rotatable bonds is 12. The fraction of sp³-hybridized carbons (Fsp3) is 0.143. The minimum atomic E-state index is -2.43. The molecule has 9 heterocycles. The van der Waals surface area contributed by atoms with Crippen molar-refractivity contribution in [2.45, 2.75) is 106 Å². The first-order valence-corrected chi connectivity index (χ1v) is 58.3. The molecule has 18 aromatic rings. The van der Waals surface area contributed by atoms with E-state index in [0.29, 0.717) is 0 Å². The molecule has 7 nitrogen and oxygen atoms in total.